The molecule has 0 aliphatic heterocycles. The Balaban J connectivity index is 2.15. The molecule has 0 fully saturated rings. The Morgan fingerprint density at radius 2 is 1.33 bits per heavy atom. The summed E-state index contributed by atoms with van der Waals surface area (Å²) in [5.41, 5.74) is 2.77. The fourth-order valence-electron chi connectivity index (χ4n) is 2.25. The first kappa shape index (κ1) is 12.8. The van der Waals surface area contributed by atoms with Crippen molar-refractivity contribution in [1.29, 1.82) is 0 Å². The van der Waals surface area contributed by atoms with Gasteiger partial charge in [-0.2, -0.15) is 0 Å². The van der Waals surface area contributed by atoms with Gasteiger partial charge in [0.1, 0.15) is 5.69 Å². The summed E-state index contributed by atoms with van der Waals surface area (Å²) in [6.45, 7) is 2.32. The molecule has 1 nitrogen and oxygen atoms in total. The van der Waals surface area contributed by atoms with Crippen molar-refractivity contribution in [2.45, 2.75) is 19.4 Å². The van der Waals surface area contributed by atoms with E-state index in [2.05, 4.69) is 81.7 Å². The van der Waals surface area contributed by atoms with Gasteiger partial charge in [-0.1, -0.05) is 48.5 Å². The highest BCUT2D eigenvalue weighted by Gasteiger charge is 2.26. The van der Waals surface area contributed by atoms with Crippen LogP contribution in [0.4, 0.5) is 5.69 Å². The summed E-state index contributed by atoms with van der Waals surface area (Å²) in [6, 6.07) is 22.0. The van der Waals surface area contributed by atoms with E-state index in [0.29, 0.717) is 6.04 Å². The second-order valence-corrected chi connectivity index (χ2v) is 5.41. The molecule has 0 aliphatic carbocycles. The third-order valence-corrected chi connectivity index (χ3v) is 3.90. The maximum Gasteiger partial charge on any atom is 0.132 e. The van der Waals surface area contributed by atoms with Crippen molar-refractivity contribution in [3.05, 3.63) is 66.2 Å². The molecule has 1 heteroatoms. The smallest absolute Gasteiger partial charge is 0.132 e. The fourth-order valence-corrected chi connectivity index (χ4v) is 2.25. The SMILES string of the molecule is CC(Cc1ccccc1)[N+](C)(C)c1ccccc1. The molecule has 2 rings (SSSR count). The minimum Gasteiger partial charge on any atom is -0.294 e. The Bertz CT molecular complexity index is 473. The molecular formula is C17H22N+. The van der Waals surface area contributed by atoms with Crippen molar-refractivity contribution in [3.63, 3.8) is 0 Å². The molecule has 1 atom stereocenters. The van der Waals surface area contributed by atoms with Crippen molar-refractivity contribution in [1.82, 2.24) is 4.48 Å². The number of benzene rings is 2. The van der Waals surface area contributed by atoms with Crippen LogP contribution in [0.15, 0.2) is 60.7 Å². The Hall–Kier alpha value is -1.60. The van der Waals surface area contributed by atoms with Gasteiger partial charge in [0.25, 0.3) is 0 Å². The average Bonchev–Trinajstić information content (AvgIpc) is 2.41. The zero-order chi connectivity index (χ0) is 13.0. The lowest BCUT2D eigenvalue weighted by Gasteiger charge is -2.35. The molecule has 2 aromatic carbocycles. The second kappa shape index (κ2) is 5.36. The van der Waals surface area contributed by atoms with Crippen molar-refractivity contribution >= 4 is 5.69 Å². The van der Waals surface area contributed by atoms with Crippen molar-refractivity contribution < 1.29 is 0 Å². The number of nitrogens with zero attached hydrogens (tertiary/aromatic N) is 1. The Kier molecular flexibility index (Phi) is 3.83. The zero-order valence-corrected chi connectivity index (χ0v) is 11.5. The predicted molar refractivity (Wildman–Crippen MR) is 79.7 cm³/mol. The molecule has 94 valence electrons. The molecule has 0 heterocycles. The Morgan fingerprint density at radius 1 is 0.833 bits per heavy atom. The van der Waals surface area contributed by atoms with E-state index in [1.54, 1.807) is 0 Å². The number of rotatable bonds is 4. The molecule has 0 amide bonds. The minimum absolute atomic E-state index is 0.551. The van der Waals surface area contributed by atoms with Crippen LogP contribution in [0, 0.1) is 0 Å². The van der Waals surface area contributed by atoms with Gasteiger partial charge in [0.15, 0.2) is 0 Å². The predicted octanol–water partition coefficient (Wildman–Crippen LogP) is 3.88. The summed E-state index contributed by atoms with van der Waals surface area (Å²) in [5, 5.41) is 0. The molecule has 0 saturated carbocycles. The van der Waals surface area contributed by atoms with Gasteiger partial charge in [-0.3, -0.25) is 4.48 Å². The van der Waals surface area contributed by atoms with E-state index in [1.807, 2.05) is 0 Å². The minimum atomic E-state index is 0.551. The normalized spacial score (nSPS) is 13.3. The van der Waals surface area contributed by atoms with Crippen LogP contribution in [0.3, 0.4) is 0 Å². The first-order valence-corrected chi connectivity index (χ1v) is 6.54. The van der Waals surface area contributed by atoms with Crippen LogP contribution in [0.2, 0.25) is 0 Å². The molecule has 0 radical (unpaired) electrons. The van der Waals surface area contributed by atoms with E-state index in [-0.39, 0.29) is 0 Å². The Labute approximate surface area is 110 Å². The van der Waals surface area contributed by atoms with Gasteiger partial charge in [0.05, 0.1) is 20.1 Å². The van der Waals surface area contributed by atoms with Gasteiger partial charge in [0, 0.05) is 6.42 Å². The molecule has 0 aliphatic rings. The van der Waals surface area contributed by atoms with E-state index in [0.717, 1.165) is 10.9 Å². The lowest BCUT2D eigenvalue weighted by atomic mass is 10.0. The van der Waals surface area contributed by atoms with Crippen LogP contribution in [0.5, 0.6) is 0 Å². The van der Waals surface area contributed by atoms with E-state index < -0.39 is 0 Å². The summed E-state index contributed by atoms with van der Waals surface area (Å²) in [4.78, 5) is 0. The van der Waals surface area contributed by atoms with Crippen molar-refractivity contribution in [2.24, 2.45) is 0 Å². The van der Waals surface area contributed by atoms with Gasteiger partial charge in [-0.25, -0.2) is 0 Å². The fraction of sp³-hybridized carbons (Fsp3) is 0.294. The standard InChI is InChI=1S/C17H22N/c1-15(14-16-10-6-4-7-11-16)18(2,3)17-12-8-5-9-13-17/h4-13,15H,14H2,1-3H3/q+1. The quantitative estimate of drug-likeness (QED) is 0.711. The summed E-state index contributed by atoms with van der Waals surface area (Å²) >= 11 is 0. The monoisotopic (exact) mass is 240 g/mol. The van der Waals surface area contributed by atoms with E-state index in [1.165, 1.54) is 11.3 Å². The van der Waals surface area contributed by atoms with E-state index in [4.69, 9.17) is 0 Å². The average molecular weight is 240 g/mol. The molecule has 18 heavy (non-hydrogen) atoms. The third-order valence-electron chi connectivity index (χ3n) is 3.90. The van der Waals surface area contributed by atoms with E-state index >= 15 is 0 Å². The highest BCUT2D eigenvalue weighted by atomic mass is 15.3. The second-order valence-electron chi connectivity index (χ2n) is 5.41. The molecule has 0 bridgehead atoms. The maximum absolute atomic E-state index is 2.32. The van der Waals surface area contributed by atoms with Crippen molar-refractivity contribution in [3.8, 4) is 0 Å². The van der Waals surface area contributed by atoms with Crippen LogP contribution in [0.1, 0.15) is 12.5 Å². The summed E-state index contributed by atoms with van der Waals surface area (Å²) in [5.74, 6) is 0. The number of hydrogen-bond donors (Lipinski definition) is 0. The molecule has 0 saturated heterocycles. The number of hydrogen-bond acceptors (Lipinski definition) is 0. The van der Waals surface area contributed by atoms with Crippen LogP contribution in [0.25, 0.3) is 0 Å². The van der Waals surface area contributed by atoms with Crippen LogP contribution in [-0.2, 0) is 6.42 Å². The molecule has 0 aromatic heterocycles. The largest absolute Gasteiger partial charge is 0.294 e. The number of para-hydroxylation sites is 1. The lowest BCUT2D eigenvalue weighted by molar-refractivity contribution is 0.308. The van der Waals surface area contributed by atoms with Crippen LogP contribution in [-0.4, -0.2) is 20.1 Å². The first-order valence-electron chi connectivity index (χ1n) is 6.54. The topological polar surface area (TPSA) is 0 Å². The summed E-state index contributed by atoms with van der Waals surface area (Å²) in [7, 11) is 4.56. The van der Waals surface area contributed by atoms with Gasteiger partial charge in [-0.15, -0.1) is 0 Å². The van der Waals surface area contributed by atoms with Crippen LogP contribution < -0.4 is 4.48 Å². The van der Waals surface area contributed by atoms with Crippen LogP contribution >= 0.6 is 0 Å². The molecule has 2 aromatic rings. The summed E-state index contributed by atoms with van der Waals surface area (Å²) in [6.07, 6.45) is 1.10. The zero-order valence-electron chi connectivity index (χ0n) is 11.5. The molecule has 1 unspecified atom stereocenters. The first-order chi connectivity index (χ1) is 8.60. The molecule has 0 N–H and O–H groups in total. The lowest BCUT2D eigenvalue weighted by Crippen LogP contribution is -2.49. The van der Waals surface area contributed by atoms with Gasteiger partial charge < -0.3 is 0 Å². The Morgan fingerprint density at radius 3 is 1.89 bits per heavy atom. The van der Waals surface area contributed by atoms with Gasteiger partial charge >= 0.3 is 0 Å². The highest BCUT2D eigenvalue weighted by molar-refractivity contribution is 5.42. The van der Waals surface area contributed by atoms with Crippen molar-refractivity contribution in [2.75, 3.05) is 14.1 Å². The number of quaternary nitrogens is 1. The van der Waals surface area contributed by atoms with Gasteiger partial charge in [0.2, 0.25) is 0 Å². The third kappa shape index (κ3) is 2.80. The highest BCUT2D eigenvalue weighted by Crippen LogP contribution is 2.23. The molecule has 0 spiro atoms. The summed E-state index contributed by atoms with van der Waals surface area (Å²) < 4.78 is 0.912. The van der Waals surface area contributed by atoms with E-state index in [9.17, 15) is 0 Å². The van der Waals surface area contributed by atoms with Gasteiger partial charge in [-0.05, 0) is 24.6 Å². The maximum atomic E-state index is 2.32. The molecular weight excluding hydrogens is 218 g/mol. The number of likely N-dealkylation sites (N-methyl/N-ethyl adjacent to an activating group) is 1.